The standard InChI is InChI=1S/C20H17N3O4/c1-26-13-6-7-15-16(11-13)23-18(22-15)8-9-21-19(24)14-10-12-4-2-3-5-17(12)27-20(14)25/h2-7,10-11H,8-9H2,1H3,(H,21,24)(H,22,23). The molecule has 4 rings (SSSR count). The van der Waals surface area contributed by atoms with E-state index in [1.807, 2.05) is 24.3 Å². The zero-order chi connectivity index (χ0) is 18.8. The van der Waals surface area contributed by atoms with E-state index in [4.69, 9.17) is 9.15 Å². The Kier molecular flexibility index (Phi) is 4.33. The summed E-state index contributed by atoms with van der Waals surface area (Å²) in [6.07, 6.45) is 0.502. The number of nitrogens with one attached hydrogen (secondary N) is 2. The summed E-state index contributed by atoms with van der Waals surface area (Å²) >= 11 is 0. The zero-order valence-corrected chi connectivity index (χ0v) is 14.6. The summed E-state index contributed by atoms with van der Waals surface area (Å²) in [6.45, 7) is 0.335. The highest BCUT2D eigenvalue weighted by molar-refractivity contribution is 5.96. The number of ether oxygens (including phenoxy) is 1. The molecule has 0 radical (unpaired) electrons. The summed E-state index contributed by atoms with van der Waals surface area (Å²) in [5, 5.41) is 3.44. The van der Waals surface area contributed by atoms with E-state index in [-0.39, 0.29) is 5.56 Å². The van der Waals surface area contributed by atoms with Crippen LogP contribution in [0.1, 0.15) is 16.2 Å². The maximum Gasteiger partial charge on any atom is 0.349 e. The molecule has 2 aromatic carbocycles. The molecule has 4 aromatic rings. The molecule has 0 atom stereocenters. The molecule has 0 fully saturated rings. The van der Waals surface area contributed by atoms with Crippen molar-refractivity contribution >= 4 is 27.9 Å². The van der Waals surface area contributed by atoms with Crippen molar-refractivity contribution in [1.29, 1.82) is 0 Å². The van der Waals surface area contributed by atoms with Crippen LogP contribution in [0, 0.1) is 0 Å². The van der Waals surface area contributed by atoms with Gasteiger partial charge in [0, 0.05) is 24.4 Å². The minimum Gasteiger partial charge on any atom is -0.497 e. The fourth-order valence-electron chi connectivity index (χ4n) is 2.90. The van der Waals surface area contributed by atoms with E-state index in [1.54, 1.807) is 31.4 Å². The Morgan fingerprint density at radius 1 is 1.22 bits per heavy atom. The molecule has 0 unspecified atom stereocenters. The first-order chi connectivity index (χ1) is 13.1. The van der Waals surface area contributed by atoms with Gasteiger partial charge in [-0.05, 0) is 24.3 Å². The molecule has 2 heterocycles. The number of imidazole rings is 1. The lowest BCUT2D eigenvalue weighted by atomic mass is 10.2. The highest BCUT2D eigenvalue weighted by Crippen LogP contribution is 2.18. The number of hydrogen-bond donors (Lipinski definition) is 2. The molecule has 2 aromatic heterocycles. The number of benzene rings is 2. The van der Waals surface area contributed by atoms with Crippen LogP contribution in [0.4, 0.5) is 0 Å². The lowest BCUT2D eigenvalue weighted by molar-refractivity contribution is 0.0950. The van der Waals surface area contributed by atoms with Crippen molar-refractivity contribution < 1.29 is 13.9 Å². The number of methoxy groups -OCH3 is 1. The molecule has 0 bridgehead atoms. The van der Waals surface area contributed by atoms with Crippen molar-refractivity contribution in [3.8, 4) is 5.75 Å². The van der Waals surface area contributed by atoms with Crippen molar-refractivity contribution in [3.05, 3.63) is 70.3 Å². The fourth-order valence-corrected chi connectivity index (χ4v) is 2.90. The summed E-state index contributed by atoms with van der Waals surface area (Å²) in [5.74, 6) is 1.02. The minimum atomic E-state index is -0.651. The van der Waals surface area contributed by atoms with Gasteiger partial charge in [-0.25, -0.2) is 9.78 Å². The number of aromatic amines is 1. The summed E-state index contributed by atoms with van der Waals surface area (Å²) in [5.41, 5.74) is 1.49. The zero-order valence-electron chi connectivity index (χ0n) is 14.6. The van der Waals surface area contributed by atoms with E-state index in [2.05, 4.69) is 15.3 Å². The molecule has 27 heavy (non-hydrogen) atoms. The van der Waals surface area contributed by atoms with Crippen molar-refractivity contribution in [2.75, 3.05) is 13.7 Å². The van der Waals surface area contributed by atoms with Gasteiger partial charge in [0.15, 0.2) is 0 Å². The van der Waals surface area contributed by atoms with Crippen LogP contribution in [0.5, 0.6) is 5.75 Å². The van der Waals surface area contributed by atoms with Crippen LogP contribution < -0.4 is 15.7 Å². The molecule has 7 nitrogen and oxygen atoms in total. The molecule has 136 valence electrons. The predicted molar refractivity (Wildman–Crippen MR) is 101 cm³/mol. The molecular formula is C20H17N3O4. The Morgan fingerprint density at radius 3 is 2.93 bits per heavy atom. The number of hydrogen-bond acceptors (Lipinski definition) is 5. The van der Waals surface area contributed by atoms with Crippen LogP contribution in [0.25, 0.3) is 22.0 Å². The van der Waals surface area contributed by atoms with Crippen molar-refractivity contribution in [1.82, 2.24) is 15.3 Å². The SMILES string of the molecule is COc1ccc2nc(CCNC(=O)c3cc4ccccc4oc3=O)[nH]c2c1. The number of nitrogens with zero attached hydrogens (tertiary/aromatic N) is 1. The number of carbonyl (C=O) groups is 1. The molecule has 0 saturated heterocycles. The Labute approximate surface area is 154 Å². The lowest BCUT2D eigenvalue weighted by Gasteiger charge is -2.04. The van der Waals surface area contributed by atoms with Gasteiger partial charge in [0.25, 0.3) is 5.91 Å². The molecule has 0 aliphatic heterocycles. The number of para-hydroxylation sites is 1. The van der Waals surface area contributed by atoms with Gasteiger partial charge in [-0.2, -0.15) is 0 Å². The second-order valence-corrected chi connectivity index (χ2v) is 6.06. The first kappa shape index (κ1) is 16.8. The topological polar surface area (TPSA) is 97.2 Å². The van der Waals surface area contributed by atoms with E-state index in [0.717, 1.165) is 22.6 Å². The van der Waals surface area contributed by atoms with Crippen LogP contribution in [-0.2, 0) is 6.42 Å². The number of aromatic nitrogens is 2. The maximum atomic E-state index is 12.3. The van der Waals surface area contributed by atoms with Gasteiger partial charge in [0.05, 0.1) is 18.1 Å². The molecule has 0 aliphatic carbocycles. The quantitative estimate of drug-likeness (QED) is 0.531. The van der Waals surface area contributed by atoms with E-state index in [9.17, 15) is 9.59 Å². The monoisotopic (exact) mass is 363 g/mol. The Balaban J connectivity index is 1.45. The smallest absolute Gasteiger partial charge is 0.349 e. The summed E-state index contributed by atoms with van der Waals surface area (Å²) in [7, 11) is 1.61. The largest absolute Gasteiger partial charge is 0.497 e. The summed E-state index contributed by atoms with van der Waals surface area (Å²) in [4.78, 5) is 32.0. The molecular weight excluding hydrogens is 346 g/mol. The van der Waals surface area contributed by atoms with Crippen molar-refractivity contribution in [2.24, 2.45) is 0 Å². The van der Waals surface area contributed by atoms with Crippen molar-refractivity contribution in [3.63, 3.8) is 0 Å². The van der Waals surface area contributed by atoms with Crippen LogP contribution in [-0.4, -0.2) is 29.5 Å². The molecule has 7 heteroatoms. The third-order valence-electron chi connectivity index (χ3n) is 4.27. The van der Waals surface area contributed by atoms with E-state index < -0.39 is 11.5 Å². The van der Waals surface area contributed by atoms with Gasteiger partial charge in [0.1, 0.15) is 22.7 Å². The number of rotatable bonds is 5. The predicted octanol–water partition coefficient (Wildman–Crippen LogP) is 2.65. The lowest BCUT2D eigenvalue weighted by Crippen LogP contribution is -2.30. The third-order valence-corrected chi connectivity index (χ3v) is 4.27. The van der Waals surface area contributed by atoms with Crippen molar-refractivity contribution in [2.45, 2.75) is 6.42 Å². The highest BCUT2D eigenvalue weighted by Gasteiger charge is 2.13. The Morgan fingerprint density at radius 2 is 2.07 bits per heavy atom. The second-order valence-electron chi connectivity index (χ2n) is 6.06. The molecule has 0 spiro atoms. The maximum absolute atomic E-state index is 12.3. The number of amides is 1. The number of H-pyrrole nitrogens is 1. The van der Waals surface area contributed by atoms with Crippen LogP contribution >= 0.6 is 0 Å². The first-order valence-electron chi connectivity index (χ1n) is 8.48. The molecule has 2 N–H and O–H groups in total. The fraction of sp³-hybridized carbons (Fsp3) is 0.150. The summed E-state index contributed by atoms with van der Waals surface area (Å²) in [6, 6.07) is 14.2. The normalized spacial score (nSPS) is 11.0. The minimum absolute atomic E-state index is 0.0111. The molecule has 0 aliphatic rings. The van der Waals surface area contributed by atoms with Gasteiger partial charge in [-0.3, -0.25) is 4.79 Å². The van der Waals surface area contributed by atoms with Gasteiger partial charge in [-0.1, -0.05) is 18.2 Å². The average molecular weight is 363 g/mol. The van der Waals surface area contributed by atoms with E-state index in [0.29, 0.717) is 23.9 Å². The van der Waals surface area contributed by atoms with Crippen LogP contribution in [0.2, 0.25) is 0 Å². The van der Waals surface area contributed by atoms with Crippen LogP contribution in [0.3, 0.4) is 0 Å². The summed E-state index contributed by atoms with van der Waals surface area (Å²) < 4.78 is 10.4. The Hall–Kier alpha value is -3.61. The van der Waals surface area contributed by atoms with Gasteiger partial charge in [-0.15, -0.1) is 0 Å². The van der Waals surface area contributed by atoms with E-state index in [1.165, 1.54) is 0 Å². The number of fused-ring (bicyclic) bond motifs is 2. The number of carbonyl (C=O) groups excluding carboxylic acids is 1. The third kappa shape index (κ3) is 3.39. The van der Waals surface area contributed by atoms with Gasteiger partial charge in [0.2, 0.25) is 0 Å². The van der Waals surface area contributed by atoms with Gasteiger partial charge < -0.3 is 19.5 Å². The Bertz CT molecular complexity index is 1190. The van der Waals surface area contributed by atoms with Gasteiger partial charge >= 0.3 is 5.63 Å². The van der Waals surface area contributed by atoms with Crippen LogP contribution in [0.15, 0.2) is 57.7 Å². The van der Waals surface area contributed by atoms with E-state index >= 15 is 0 Å². The first-order valence-corrected chi connectivity index (χ1v) is 8.48. The highest BCUT2D eigenvalue weighted by atomic mass is 16.5. The molecule has 0 saturated carbocycles. The second kappa shape index (κ2) is 6.95. The average Bonchev–Trinajstić information content (AvgIpc) is 3.09. The molecule has 1 amide bonds.